The van der Waals surface area contributed by atoms with Gasteiger partial charge in [-0.05, 0) is 52.3 Å². The molecule has 0 saturated carbocycles. The second-order valence-electron chi connectivity index (χ2n) is 16.2. The van der Waals surface area contributed by atoms with E-state index < -0.39 is 74.6 Å². The average molecular weight is 864 g/mol. The van der Waals surface area contributed by atoms with E-state index in [-0.39, 0.29) is 51.8 Å². The molecule has 0 bridgehead atoms. The lowest BCUT2D eigenvalue weighted by molar-refractivity contribution is -0.384. The quantitative estimate of drug-likeness (QED) is 0.0376. The largest absolute Gasteiger partial charge is 0.513 e. The molecular formula is C39H54ClN3O13Si2. The number of halogens is 1. The minimum Gasteiger partial charge on any atom is -0.451 e. The molecule has 2 aliphatic rings. The SMILES string of the molecule is CC(OCc1ccc(OC(=O)OCCc2ccc([N+](=O)[O-])cc2)c(Cl)c1)O[C@H]1[C@H](n2ccc(=O)[nH]c2=O)O[C@@H]2C(O)[Si](C(C)C)(C(C)C)O[Si](C(C)C)(C(C)C)[C@@]21O. The molecular weight excluding hydrogens is 810 g/mol. The number of carbonyl (C=O) groups is 1. The highest BCUT2D eigenvalue weighted by molar-refractivity contribution is 6.93. The van der Waals surface area contributed by atoms with Crippen molar-refractivity contribution in [2.45, 2.75) is 133 Å². The van der Waals surface area contributed by atoms with Gasteiger partial charge in [0.2, 0.25) is 16.6 Å². The van der Waals surface area contributed by atoms with E-state index in [0.717, 1.165) is 10.1 Å². The number of nitro benzene ring substituents is 1. The molecule has 2 aromatic carbocycles. The van der Waals surface area contributed by atoms with Crippen molar-refractivity contribution >= 4 is 40.1 Å². The predicted octanol–water partition coefficient (Wildman–Crippen LogP) is 6.43. The third-order valence-electron chi connectivity index (χ3n) is 11.5. The van der Waals surface area contributed by atoms with Gasteiger partial charge in [-0.1, -0.05) is 85.2 Å². The number of carbonyl (C=O) groups excluding carboxylic acids is 1. The van der Waals surface area contributed by atoms with Gasteiger partial charge in [-0.25, -0.2) is 9.59 Å². The van der Waals surface area contributed by atoms with E-state index in [1.807, 2.05) is 55.4 Å². The zero-order valence-corrected chi connectivity index (χ0v) is 36.9. The van der Waals surface area contributed by atoms with E-state index in [1.165, 1.54) is 30.5 Å². The van der Waals surface area contributed by atoms with Gasteiger partial charge in [0.05, 0.1) is 23.2 Å². The topological polar surface area (TPSA) is 211 Å². The number of nitro groups is 1. The normalized spacial score (nSPS) is 24.3. The molecule has 2 saturated heterocycles. The van der Waals surface area contributed by atoms with Gasteiger partial charge in [0.15, 0.2) is 18.3 Å². The number of nitrogens with zero attached hydrogens (tertiary/aromatic N) is 2. The fraction of sp³-hybridized carbons (Fsp3) is 0.564. The van der Waals surface area contributed by atoms with Crippen LogP contribution in [0.4, 0.5) is 10.5 Å². The molecule has 0 amide bonds. The zero-order chi connectivity index (χ0) is 42.9. The molecule has 0 spiro atoms. The van der Waals surface area contributed by atoms with Gasteiger partial charge in [0.1, 0.15) is 23.2 Å². The number of aliphatic hydroxyl groups is 2. The summed E-state index contributed by atoms with van der Waals surface area (Å²) in [6.07, 6.45) is -4.17. The van der Waals surface area contributed by atoms with E-state index in [4.69, 9.17) is 39.4 Å². The Kier molecular flexibility index (Phi) is 14.0. The third kappa shape index (κ3) is 8.35. The van der Waals surface area contributed by atoms with Crippen LogP contribution in [0.1, 0.15) is 79.7 Å². The standard InChI is InChI=1S/C39H54ClN3O13Si2/c1-22(2)57(23(3)4)36(45)34-39(48,58(56-57,24(5)6)25(7)8)33(35(55-34)42-18-16-32(44)41-37(42)46)53-26(9)52-21-28-12-15-31(30(40)20-28)54-38(47)51-19-17-27-10-13-29(14-11-27)43(49)50/h10-16,18,20,22-26,33-36,45,48H,17,19,21H2,1-9H3,(H,41,44,46)/t26?,33-,34+,35+,36?,39+/m0/s1. The Bertz CT molecular complexity index is 2040. The summed E-state index contributed by atoms with van der Waals surface area (Å²) in [6, 6.07) is 11.7. The van der Waals surface area contributed by atoms with Crippen LogP contribution >= 0.6 is 11.6 Å². The van der Waals surface area contributed by atoms with Crippen molar-refractivity contribution in [2.24, 2.45) is 0 Å². The van der Waals surface area contributed by atoms with Gasteiger partial charge >= 0.3 is 11.8 Å². The molecule has 2 fully saturated rings. The number of non-ortho nitro benzene ring substituents is 1. The molecule has 0 radical (unpaired) electrons. The number of hydrogen-bond acceptors (Lipinski definition) is 13. The molecule has 3 N–H and O–H groups in total. The summed E-state index contributed by atoms with van der Waals surface area (Å²) in [5.41, 5.74) is -1.80. The highest BCUT2D eigenvalue weighted by Crippen LogP contribution is 2.60. The first-order valence-electron chi connectivity index (χ1n) is 19.4. The minimum atomic E-state index is -3.50. The second kappa shape index (κ2) is 17.9. The van der Waals surface area contributed by atoms with E-state index in [2.05, 4.69) is 4.98 Å². The molecule has 5 rings (SSSR count). The monoisotopic (exact) mass is 863 g/mol. The minimum absolute atomic E-state index is 0.0288. The smallest absolute Gasteiger partial charge is 0.451 e. The van der Waals surface area contributed by atoms with Gasteiger partial charge in [0.25, 0.3) is 11.2 Å². The molecule has 1 aromatic heterocycles. The summed E-state index contributed by atoms with van der Waals surface area (Å²) < 4.78 is 38.5. The van der Waals surface area contributed by atoms with Gasteiger partial charge in [-0.2, -0.15) is 0 Å². The van der Waals surface area contributed by atoms with Crippen LogP contribution in [0.25, 0.3) is 0 Å². The van der Waals surface area contributed by atoms with Crippen LogP contribution < -0.4 is 16.0 Å². The van der Waals surface area contributed by atoms with Crippen LogP contribution in [0, 0.1) is 10.1 Å². The highest BCUT2D eigenvalue weighted by Gasteiger charge is 2.80. The molecule has 19 heteroatoms. The molecule has 2 unspecified atom stereocenters. The summed E-state index contributed by atoms with van der Waals surface area (Å²) in [6.45, 7) is 17.7. The van der Waals surface area contributed by atoms with Crippen molar-refractivity contribution in [3.63, 3.8) is 0 Å². The number of benzene rings is 2. The number of rotatable bonds is 15. The number of nitrogens with one attached hydrogen (secondary N) is 1. The highest BCUT2D eigenvalue weighted by atomic mass is 35.5. The van der Waals surface area contributed by atoms with E-state index in [0.29, 0.717) is 12.0 Å². The summed E-state index contributed by atoms with van der Waals surface area (Å²) in [5.74, 6) is 0.0440. The first-order valence-corrected chi connectivity index (χ1v) is 24.0. The van der Waals surface area contributed by atoms with Crippen LogP contribution in [0.2, 0.25) is 27.2 Å². The van der Waals surface area contributed by atoms with E-state index in [9.17, 15) is 34.7 Å². The lowest BCUT2D eigenvalue weighted by atomic mass is 10.1. The van der Waals surface area contributed by atoms with Gasteiger partial charge < -0.3 is 38.0 Å². The Labute approximate surface area is 343 Å². The molecule has 3 aromatic rings. The van der Waals surface area contributed by atoms with Gasteiger partial charge in [0, 0.05) is 30.8 Å². The lowest BCUT2D eigenvalue weighted by Gasteiger charge is -2.63. The number of aliphatic hydroxyl groups excluding tert-OH is 1. The number of aromatic nitrogens is 2. The van der Waals surface area contributed by atoms with Crippen LogP contribution in [0.3, 0.4) is 0 Å². The Hall–Kier alpha value is -3.73. The molecule has 6 atom stereocenters. The lowest BCUT2D eigenvalue weighted by Crippen LogP contribution is -2.85. The number of H-pyrrole nitrogens is 1. The van der Waals surface area contributed by atoms with Gasteiger partial charge in [-0.3, -0.25) is 24.5 Å². The average Bonchev–Trinajstić information content (AvgIpc) is 3.44. The molecule has 2 aliphatic heterocycles. The second-order valence-corrected chi connectivity index (χ2v) is 26.7. The van der Waals surface area contributed by atoms with Crippen molar-refractivity contribution in [1.82, 2.24) is 9.55 Å². The zero-order valence-electron chi connectivity index (χ0n) is 34.2. The predicted molar refractivity (Wildman–Crippen MR) is 219 cm³/mol. The molecule has 16 nitrogen and oxygen atoms in total. The fourth-order valence-electron chi connectivity index (χ4n) is 8.89. The summed E-state index contributed by atoms with van der Waals surface area (Å²) in [5, 5.41) is 34.8. The number of fused-ring (bicyclic) bond motifs is 1. The van der Waals surface area contributed by atoms with Gasteiger partial charge in [-0.15, -0.1) is 0 Å². The summed E-state index contributed by atoms with van der Waals surface area (Å²) in [7, 11) is -6.63. The van der Waals surface area contributed by atoms with Crippen molar-refractivity contribution in [3.05, 3.63) is 102 Å². The fourth-order valence-corrected chi connectivity index (χ4v) is 24.6. The number of hydrogen-bond donors (Lipinski definition) is 3. The van der Waals surface area contributed by atoms with Crippen LogP contribution in [-0.4, -0.2) is 83.5 Å². The maximum absolute atomic E-state index is 13.4. The van der Waals surface area contributed by atoms with Crippen molar-refractivity contribution < 1.29 is 47.7 Å². The summed E-state index contributed by atoms with van der Waals surface area (Å²) in [4.78, 5) is 50.4. The van der Waals surface area contributed by atoms with Crippen LogP contribution in [0.5, 0.6) is 5.75 Å². The first kappa shape index (κ1) is 45.4. The van der Waals surface area contributed by atoms with Crippen LogP contribution in [0.15, 0.2) is 64.3 Å². The maximum atomic E-state index is 13.4. The Morgan fingerprint density at radius 3 is 2.16 bits per heavy atom. The number of aromatic amines is 1. The van der Waals surface area contributed by atoms with Crippen molar-refractivity contribution in [2.75, 3.05) is 6.61 Å². The summed E-state index contributed by atoms with van der Waals surface area (Å²) >= 11 is 6.46. The Morgan fingerprint density at radius 2 is 1.60 bits per heavy atom. The first-order chi connectivity index (χ1) is 27.2. The Morgan fingerprint density at radius 1 is 0.983 bits per heavy atom. The maximum Gasteiger partial charge on any atom is 0.513 e. The third-order valence-corrected chi connectivity index (χ3v) is 24.7. The molecule has 58 heavy (non-hydrogen) atoms. The van der Waals surface area contributed by atoms with Crippen molar-refractivity contribution in [1.29, 1.82) is 0 Å². The molecule has 3 heterocycles. The van der Waals surface area contributed by atoms with Crippen molar-refractivity contribution in [3.8, 4) is 5.75 Å². The van der Waals surface area contributed by atoms with Crippen LogP contribution in [-0.2, 0) is 36.1 Å². The number of ether oxygens (including phenoxy) is 5. The molecule has 318 valence electrons. The molecule has 0 aliphatic carbocycles. The van der Waals surface area contributed by atoms with E-state index >= 15 is 0 Å². The van der Waals surface area contributed by atoms with E-state index in [1.54, 1.807) is 31.2 Å². The Balaban J connectivity index is 1.36.